The van der Waals surface area contributed by atoms with Crippen molar-refractivity contribution in [1.82, 2.24) is 0 Å². The fourth-order valence-corrected chi connectivity index (χ4v) is 0.475. The van der Waals surface area contributed by atoms with Crippen LogP contribution in [0.5, 0.6) is 0 Å². The second-order valence-electron chi connectivity index (χ2n) is 1.62. The first-order valence-corrected chi connectivity index (χ1v) is 5.18. The van der Waals surface area contributed by atoms with Crippen LogP contribution >= 0.6 is 11.8 Å². The van der Waals surface area contributed by atoms with Gasteiger partial charge in [0.25, 0.3) is 0 Å². The van der Waals surface area contributed by atoms with E-state index >= 15 is 0 Å². The monoisotopic (exact) mass is 244 g/mol. The molecule has 0 heterocycles. The Balaban J connectivity index is 0. The topological polar surface area (TPSA) is 152 Å². The maximum atomic E-state index is 9.33. The fraction of sp³-hybridized carbons (Fsp3) is 0.500. The van der Waals surface area contributed by atoms with Gasteiger partial charge in [0.05, 0.1) is 7.11 Å². The van der Waals surface area contributed by atoms with Gasteiger partial charge in [-0.1, -0.05) is 0 Å². The summed E-state index contributed by atoms with van der Waals surface area (Å²) >= 11 is 0.943. The zero-order valence-electron chi connectivity index (χ0n) is 7.59. The van der Waals surface area contributed by atoms with Crippen LogP contribution in [-0.2, 0) is 14.6 Å². The minimum absolute atomic E-state index is 0.0342. The first kappa shape index (κ1) is 15.6. The number of aliphatic imine (C=N–C) groups is 1. The summed E-state index contributed by atoms with van der Waals surface area (Å²) in [5.74, 6) is 0. The number of nitrogens with two attached hydrogens (primary N) is 2. The molecule has 0 unspecified atom stereocenters. The molecule has 0 radical (unpaired) electrons. The van der Waals surface area contributed by atoms with Gasteiger partial charge in [-0.3, -0.25) is 19.1 Å². The molecule has 10 heteroatoms. The van der Waals surface area contributed by atoms with Crippen LogP contribution < -0.4 is 11.5 Å². The molecular formula is C4H12N4O4S2. The summed E-state index contributed by atoms with van der Waals surface area (Å²) in [5.41, 5.74) is 10.1. The minimum Gasteiger partial charge on any atom is -0.378 e. The molecular weight excluding hydrogens is 232 g/mol. The van der Waals surface area contributed by atoms with Crippen LogP contribution in [0.2, 0.25) is 0 Å². The molecule has 0 saturated heterocycles. The average molecular weight is 244 g/mol. The van der Waals surface area contributed by atoms with Crippen molar-refractivity contribution in [3.63, 3.8) is 0 Å². The maximum Gasteiger partial charge on any atom is 0.397 e. The molecule has 0 aliphatic heterocycles. The van der Waals surface area contributed by atoms with E-state index in [1.54, 1.807) is 7.05 Å². The first-order chi connectivity index (χ1) is 6.22. The van der Waals surface area contributed by atoms with Gasteiger partial charge in [0.15, 0.2) is 10.3 Å². The quantitative estimate of drug-likeness (QED) is 0.262. The van der Waals surface area contributed by atoms with Crippen molar-refractivity contribution in [2.24, 2.45) is 16.5 Å². The second kappa shape index (κ2) is 7.55. The van der Waals surface area contributed by atoms with E-state index < -0.39 is 10.4 Å². The Kier molecular flexibility index (Phi) is 8.43. The van der Waals surface area contributed by atoms with Gasteiger partial charge in [-0.05, 0) is 11.8 Å². The van der Waals surface area contributed by atoms with Gasteiger partial charge in [-0.25, -0.2) is 0 Å². The van der Waals surface area contributed by atoms with Crippen LogP contribution in [0.25, 0.3) is 0 Å². The lowest BCUT2D eigenvalue weighted by molar-refractivity contribution is 0.324. The van der Waals surface area contributed by atoms with Crippen LogP contribution in [0, 0.1) is 5.41 Å². The highest BCUT2D eigenvalue weighted by Crippen LogP contribution is 1.94. The predicted molar refractivity (Wildman–Crippen MR) is 55.6 cm³/mol. The summed E-state index contributed by atoms with van der Waals surface area (Å²) in [4.78, 5) is 3.57. The number of nitrogens with one attached hydrogen (secondary N) is 1. The number of amidine groups is 2. The molecule has 0 fully saturated rings. The van der Waals surface area contributed by atoms with E-state index in [9.17, 15) is 8.42 Å². The first-order valence-electron chi connectivity index (χ1n) is 3.00. The summed E-state index contributed by atoms with van der Waals surface area (Å²) < 4.78 is 29.7. The molecule has 0 aliphatic carbocycles. The van der Waals surface area contributed by atoms with E-state index in [0.717, 1.165) is 18.9 Å². The van der Waals surface area contributed by atoms with Crippen LogP contribution in [0.15, 0.2) is 4.99 Å². The Bertz CT molecular complexity index is 298. The molecule has 84 valence electrons. The van der Waals surface area contributed by atoms with Gasteiger partial charge in [-0.15, -0.1) is 0 Å². The molecule has 0 aromatic rings. The summed E-state index contributed by atoms with van der Waals surface area (Å²) in [6.45, 7) is 0. The molecule has 0 atom stereocenters. The summed E-state index contributed by atoms with van der Waals surface area (Å²) in [7, 11) is -1.74. The number of rotatable bonds is 1. The fourth-order valence-electron chi connectivity index (χ4n) is 0.158. The zero-order chi connectivity index (χ0) is 11.8. The lowest BCUT2D eigenvalue weighted by atomic mass is 11.2. The lowest BCUT2D eigenvalue weighted by Crippen LogP contribution is -2.14. The highest BCUT2D eigenvalue weighted by Gasteiger charge is 1.94. The van der Waals surface area contributed by atoms with E-state index in [4.69, 9.17) is 21.4 Å². The van der Waals surface area contributed by atoms with E-state index in [1.165, 1.54) is 0 Å². The van der Waals surface area contributed by atoms with Crippen LogP contribution in [0.3, 0.4) is 0 Å². The second-order valence-corrected chi connectivity index (χ2v) is 3.87. The Labute approximate surface area is 86.2 Å². The van der Waals surface area contributed by atoms with Gasteiger partial charge >= 0.3 is 10.4 Å². The third-order valence-electron chi connectivity index (χ3n) is 0.646. The Morgan fingerprint density at radius 1 is 1.57 bits per heavy atom. The van der Waals surface area contributed by atoms with Gasteiger partial charge in [0, 0.05) is 7.05 Å². The number of nitrogens with zero attached hydrogens (tertiary/aromatic N) is 1. The van der Waals surface area contributed by atoms with E-state index in [-0.39, 0.29) is 5.17 Å². The van der Waals surface area contributed by atoms with Gasteiger partial charge in [0.1, 0.15) is 0 Å². The van der Waals surface area contributed by atoms with Crippen molar-refractivity contribution >= 4 is 32.5 Å². The highest BCUT2D eigenvalue weighted by atomic mass is 32.3. The average Bonchev–Trinajstić information content (AvgIpc) is 2.03. The standard InChI is InChI=1S/C3H8N4S.CH4O4S/c1-7-3(6)8-2(4)5;1-5-6(2,3)4/h1H3,(H3,4,5)(H2,6,7);1H3,(H,2,3,4). The zero-order valence-corrected chi connectivity index (χ0v) is 9.22. The van der Waals surface area contributed by atoms with Crippen molar-refractivity contribution in [1.29, 1.82) is 5.41 Å². The highest BCUT2D eigenvalue weighted by molar-refractivity contribution is 8.26. The van der Waals surface area contributed by atoms with Crippen LogP contribution in [0.4, 0.5) is 0 Å². The Morgan fingerprint density at radius 3 is 2.00 bits per heavy atom. The molecule has 0 aromatic heterocycles. The normalized spacial score (nSPS) is 11.5. The summed E-state index contributed by atoms with van der Waals surface area (Å²) in [6.07, 6.45) is 0. The molecule has 6 N–H and O–H groups in total. The molecule has 14 heavy (non-hydrogen) atoms. The predicted octanol–water partition coefficient (Wildman–Crippen LogP) is -1.01. The Morgan fingerprint density at radius 2 is 1.93 bits per heavy atom. The van der Waals surface area contributed by atoms with E-state index in [1.807, 2.05) is 0 Å². The van der Waals surface area contributed by atoms with Gasteiger partial charge in [0.2, 0.25) is 0 Å². The molecule has 0 spiro atoms. The molecule has 0 bridgehead atoms. The van der Waals surface area contributed by atoms with E-state index in [2.05, 4.69) is 9.18 Å². The van der Waals surface area contributed by atoms with E-state index in [0.29, 0.717) is 5.17 Å². The maximum absolute atomic E-state index is 9.33. The van der Waals surface area contributed by atoms with Gasteiger partial charge < -0.3 is 11.5 Å². The van der Waals surface area contributed by atoms with Crippen molar-refractivity contribution < 1.29 is 17.2 Å². The van der Waals surface area contributed by atoms with Crippen molar-refractivity contribution in [2.45, 2.75) is 0 Å². The Hall–Kier alpha value is -0.840. The molecule has 0 saturated carbocycles. The van der Waals surface area contributed by atoms with Crippen molar-refractivity contribution in [3.8, 4) is 0 Å². The lowest BCUT2D eigenvalue weighted by Gasteiger charge is -1.92. The molecule has 0 aromatic carbocycles. The third-order valence-corrected chi connectivity index (χ3v) is 1.68. The molecule has 0 rings (SSSR count). The van der Waals surface area contributed by atoms with Crippen LogP contribution in [0.1, 0.15) is 0 Å². The summed E-state index contributed by atoms with van der Waals surface area (Å²) in [6, 6.07) is 0. The molecule has 8 nitrogen and oxygen atoms in total. The molecule has 0 amide bonds. The van der Waals surface area contributed by atoms with Crippen LogP contribution in [-0.4, -0.2) is 37.5 Å². The number of hydrogen-bond acceptors (Lipinski definition) is 6. The number of thioether (sulfide) groups is 1. The smallest absolute Gasteiger partial charge is 0.378 e. The minimum atomic E-state index is -4.16. The number of hydrogen-bond donors (Lipinski definition) is 4. The molecule has 0 aliphatic rings. The van der Waals surface area contributed by atoms with Gasteiger partial charge in [-0.2, -0.15) is 8.42 Å². The SMILES string of the molecule is CN=C(N)SC(=N)N.COS(=O)(=O)O. The van der Waals surface area contributed by atoms with Crippen molar-refractivity contribution in [3.05, 3.63) is 0 Å². The largest absolute Gasteiger partial charge is 0.397 e. The third kappa shape index (κ3) is 17.3. The van der Waals surface area contributed by atoms with Crippen molar-refractivity contribution in [2.75, 3.05) is 14.2 Å². The summed E-state index contributed by atoms with van der Waals surface area (Å²) in [5, 5.41) is 6.99.